The van der Waals surface area contributed by atoms with Crippen molar-refractivity contribution in [2.45, 2.75) is 69.0 Å². The molecule has 3 aliphatic rings. The van der Waals surface area contributed by atoms with Gasteiger partial charge in [0, 0.05) is 25.7 Å². The fourth-order valence-corrected chi connectivity index (χ4v) is 8.49. The number of para-hydroxylation sites is 1. The van der Waals surface area contributed by atoms with Crippen LogP contribution in [0.15, 0.2) is 88.8 Å². The van der Waals surface area contributed by atoms with E-state index in [1.165, 1.54) is 16.4 Å². The van der Waals surface area contributed by atoms with E-state index >= 15 is 0 Å². The van der Waals surface area contributed by atoms with Crippen molar-refractivity contribution in [3.05, 3.63) is 84.4 Å². The van der Waals surface area contributed by atoms with Crippen molar-refractivity contribution in [1.82, 2.24) is 14.9 Å². The van der Waals surface area contributed by atoms with E-state index in [4.69, 9.17) is 28.4 Å². The third kappa shape index (κ3) is 10.6. The molecule has 0 saturated carbocycles. The number of benzene rings is 3. The number of nitrogens with zero attached hydrogens (tertiary/aromatic N) is 3. The number of fused-ring (bicyclic) bond motifs is 2. The molecule has 15 nitrogen and oxygen atoms in total. The Morgan fingerprint density at radius 3 is 2.58 bits per heavy atom. The van der Waals surface area contributed by atoms with Crippen molar-refractivity contribution in [2.75, 3.05) is 39.6 Å². The maximum absolute atomic E-state index is 14.5. The predicted molar refractivity (Wildman–Crippen MR) is 200 cm³/mol. The Hall–Kier alpha value is -4.92. The smallest absolute Gasteiger partial charge is 0.407 e. The number of alkyl carbamates (subject to hydrolysis) is 1. The average molecular weight is 778 g/mol. The number of carbonyl (C=O) groups excluding carboxylic acids is 1. The largest absolute Gasteiger partial charge is 0.454 e. The molecule has 0 bridgehead atoms. The van der Waals surface area contributed by atoms with Gasteiger partial charge >= 0.3 is 12.1 Å². The van der Waals surface area contributed by atoms with E-state index in [-0.39, 0.29) is 49.7 Å². The Bertz CT molecular complexity index is 1930. The van der Waals surface area contributed by atoms with Gasteiger partial charge in [-0.05, 0) is 60.9 Å². The summed E-state index contributed by atoms with van der Waals surface area (Å²) in [5.41, 5.74) is 0.207. The van der Waals surface area contributed by atoms with Gasteiger partial charge in [-0.1, -0.05) is 62.4 Å². The van der Waals surface area contributed by atoms with Crippen molar-refractivity contribution < 1.29 is 46.7 Å². The number of nitrogens with one attached hydrogen (secondary N) is 2. The number of rotatable bonds is 16. The highest BCUT2D eigenvalue weighted by Gasteiger charge is 2.44. The van der Waals surface area contributed by atoms with Crippen molar-refractivity contribution in [1.29, 1.82) is 5.26 Å². The number of aliphatic hydroxyl groups is 1. The zero-order valence-corrected chi connectivity index (χ0v) is 31.7. The van der Waals surface area contributed by atoms with Gasteiger partial charge in [-0.2, -0.15) is 9.57 Å². The third-order valence-electron chi connectivity index (χ3n) is 9.67. The number of amides is 1. The summed E-state index contributed by atoms with van der Waals surface area (Å²) in [6.07, 6.45) is 0.788. The van der Waals surface area contributed by atoms with Gasteiger partial charge in [0.2, 0.25) is 16.8 Å². The van der Waals surface area contributed by atoms with Crippen LogP contribution in [0.2, 0.25) is 0 Å². The van der Waals surface area contributed by atoms with Crippen LogP contribution in [-0.4, -0.2) is 94.1 Å². The summed E-state index contributed by atoms with van der Waals surface area (Å²) in [4.78, 5) is 17.7. The summed E-state index contributed by atoms with van der Waals surface area (Å²) in [7, 11) is -4.23. The first-order valence-electron chi connectivity index (χ1n) is 18.3. The van der Waals surface area contributed by atoms with Crippen LogP contribution in [0.25, 0.3) is 0 Å². The van der Waals surface area contributed by atoms with E-state index in [0.717, 1.165) is 5.56 Å². The van der Waals surface area contributed by atoms with Gasteiger partial charge in [0.05, 0.1) is 36.2 Å². The highest BCUT2D eigenvalue weighted by Crippen LogP contribution is 2.36. The molecule has 5 atom stereocenters. The molecule has 294 valence electrons. The van der Waals surface area contributed by atoms with Gasteiger partial charge in [-0.25, -0.2) is 23.5 Å². The van der Waals surface area contributed by atoms with Gasteiger partial charge in [0.1, 0.15) is 11.9 Å². The van der Waals surface area contributed by atoms with Crippen LogP contribution in [0.1, 0.15) is 38.7 Å². The maximum atomic E-state index is 14.5. The lowest BCUT2D eigenvalue weighted by atomic mass is 9.87. The highest BCUT2D eigenvalue weighted by molar-refractivity contribution is 7.89. The molecule has 16 heteroatoms. The van der Waals surface area contributed by atoms with Gasteiger partial charge in [0.15, 0.2) is 24.0 Å². The van der Waals surface area contributed by atoms with Crippen LogP contribution in [0, 0.1) is 22.8 Å². The standard InChI is InChI=1S/C39H47N5O10S/c1-39(2,17-9-18-41-37(42-25-40)53-28-12-7-4-8-13-28)24-44(55(47,48)29-14-15-33-34(21-29)52-26-51-33)22-32(45)31(20-27-10-5-3-6-11-27)43-38(46)54-35-23-50-36-30(35)16-19-49-36/h3-8,10-15,21,30-32,35-36,45H,9,16-20,22-24,26H2,1-2H3,(H,41,42)(H,43,46)/t30?,31-,32?,35?,36?/m0/s1. The van der Waals surface area contributed by atoms with E-state index in [1.807, 2.05) is 56.4 Å². The molecule has 3 aromatic rings. The number of aliphatic imine (C=N–C) groups is 1. The Balaban J connectivity index is 1.19. The molecule has 0 spiro atoms. The minimum Gasteiger partial charge on any atom is -0.454 e. The van der Waals surface area contributed by atoms with E-state index < -0.39 is 46.1 Å². The minimum absolute atomic E-state index is 0.0132. The zero-order chi connectivity index (χ0) is 38.8. The van der Waals surface area contributed by atoms with Crippen molar-refractivity contribution >= 4 is 22.1 Å². The van der Waals surface area contributed by atoms with Crippen LogP contribution < -0.4 is 24.8 Å². The van der Waals surface area contributed by atoms with E-state index in [0.29, 0.717) is 49.7 Å². The van der Waals surface area contributed by atoms with Crippen LogP contribution >= 0.6 is 0 Å². The van der Waals surface area contributed by atoms with E-state index in [9.17, 15) is 23.6 Å². The molecule has 3 aromatic carbocycles. The Labute approximate surface area is 321 Å². The van der Waals surface area contributed by atoms with Gasteiger partial charge in [-0.3, -0.25) is 0 Å². The Morgan fingerprint density at radius 2 is 1.82 bits per heavy atom. The molecule has 0 aliphatic carbocycles. The van der Waals surface area contributed by atoms with Crippen molar-refractivity contribution in [3.63, 3.8) is 0 Å². The van der Waals surface area contributed by atoms with Crippen LogP contribution in [0.4, 0.5) is 4.79 Å². The van der Waals surface area contributed by atoms with Crippen LogP contribution in [-0.2, 0) is 30.7 Å². The summed E-state index contributed by atoms with van der Waals surface area (Å²) in [6, 6.07) is 21.8. The van der Waals surface area contributed by atoms with E-state index in [2.05, 4.69) is 15.6 Å². The average Bonchev–Trinajstić information content (AvgIpc) is 3.93. The van der Waals surface area contributed by atoms with E-state index in [1.54, 1.807) is 30.3 Å². The first kappa shape index (κ1) is 39.8. The molecule has 0 radical (unpaired) electrons. The summed E-state index contributed by atoms with van der Waals surface area (Å²) in [6.45, 7) is 4.52. The quantitative estimate of drug-likeness (QED) is 0.0620. The number of sulfonamides is 1. The summed E-state index contributed by atoms with van der Waals surface area (Å²) < 4.78 is 63.7. The van der Waals surface area contributed by atoms with Crippen LogP contribution in [0.3, 0.4) is 0 Å². The fourth-order valence-electron chi connectivity index (χ4n) is 6.83. The fraction of sp³-hybridized carbons (Fsp3) is 0.462. The molecular weight excluding hydrogens is 731 g/mol. The molecule has 3 heterocycles. The number of aliphatic hydroxyl groups excluding tert-OH is 1. The number of hydrogen-bond donors (Lipinski definition) is 3. The number of nitriles is 1. The first-order valence-corrected chi connectivity index (χ1v) is 19.7. The molecule has 1 amide bonds. The minimum atomic E-state index is -4.23. The summed E-state index contributed by atoms with van der Waals surface area (Å²) in [5, 5.41) is 26.4. The molecule has 3 N–H and O–H groups in total. The number of ether oxygens (including phenoxy) is 6. The molecule has 4 unspecified atom stereocenters. The van der Waals surface area contributed by atoms with Gasteiger partial charge < -0.3 is 38.8 Å². The molecule has 3 aliphatic heterocycles. The number of amidine groups is 1. The lowest BCUT2D eigenvalue weighted by Crippen LogP contribution is -2.52. The molecule has 0 aromatic heterocycles. The molecular formula is C39H47N5O10S. The second kappa shape index (κ2) is 18.1. The topological polar surface area (TPSA) is 190 Å². The second-order valence-corrected chi connectivity index (χ2v) is 16.3. The monoisotopic (exact) mass is 777 g/mol. The van der Waals surface area contributed by atoms with Gasteiger partial charge in [0.25, 0.3) is 0 Å². The second-order valence-electron chi connectivity index (χ2n) is 14.4. The summed E-state index contributed by atoms with van der Waals surface area (Å²) in [5.74, 6) is 1.17. The van der Waals surface area contributed by atoms with Crippen molar-refractivity contribution in [3.8, 4) is 23.4 Å². The summed E-state index contributed by atoms with van der Waals surface area (Å²) >= 11 is 0. The maximum Gasteiger partial charge on any atom is 0.407 e. The SMILES string of the molecule is CC(C)(CCCN=C(NC#N)Oc1ccccc1)CN(CC(O)[C@H](Cc1ccccc1)NC(=O)OC1COC2OCCC12)S(=O)(=O)c1ccc2c(c1)OCO2. The molecule has 6 rings (SSSR count). The molecule has 55 heavy (non-hydrogen) atoms. The lowest BCUT2D eigenvalue weighted by molar-refractivity contribution is -0.0907. The zero-order valence-electron chi connectivity index (χ0n) is 30.8. The number of carbonyl (C=O) groups is 1. The Kier molecular flexibility index (Phi) is 13.1. The Morgan fingerprint density at radius 1 is 1.07 bits per heavy atom. The third-order valence-corrected chi connectivity index (χ3v) is 11.5. The molecule has 2 fully saturated rings. The number of hydrogen-bond acceptors (Lipinski definition) is 12. The lowest BCUT2D eigenvalue weighted by Gasteiger charge is -2.35. The molecule has 2 saturated heterocycles. The highest BCUT2D eigenvalue weighted by atomic mass is 32.2. The first-order chi connectivity index (χ1) is 26.5. The predicted octanol–water partition coefficient (Wildman–Crippen LogP) is 4.18. The normalized spacial score (nSPS) is 20.3. The van der Waals surface area contributed by atoms with Crippen molar-refractivity contribution in [2.24, 2.45) is 16.3 Å². The van der Waals surface area contributed by atoms with Crippen LogP contribution in [0.5, 0.6) is 17.2 Å². The van der Waals surface area contributed by atoms with Gasteiger partial charge in [-0.15, -0.1) is 0 Å².